The molecule has 1 aromatic carbocycles. The van der Waals surface area contributed by atoms with Crippen LogP contribution < -0.4 is 4.90 Å². The minimum absolute atomic E-state index is 0.0364. The highest BCUT2D eigenvalue weighted by atomic mass is 16.3. The van der Waals surface area contributed by atoms with Gasteiger partial charge < -0.3 is 5.11 Å². The Morgan fingerprint density at radius 2 is 1.55 bits per heavy atom. The second kappa shape index (κ2) is 5.02. The van der Waals surface area contributed by atoms with Crippen LogP contribution >= 0.6 is 0 Å². The van der Waals surface area contributed by atoms with Gasteiger partial charge in [0.1, 0.15) is 0 Å². The van der Waals surface area contributed by atoms with Crippen molar-refractivity contribution in [1.82, 2.24) is 0 Å². The maximum atomic E-state index is 12.4. The monoisotopic (exact) mass is 273 g/mol. The Kier molecular flexibility index (Phi) is 3.34. The van der Waals surface area contributed by atoms with Crippen LogP contribution in [-0.2, 0) is 16.2 Å². The molecular formula is C16H19NO3. The fraction of sp³-hybridized carbons (Fsp3) is 0.500. The summed E-state index contributed by atoms with van der Waals surface area (Å²) >= 11 is 0. The molecule has 3 rings (SSSR count). The highest BCUT2D eigenvalue weighted by molar-refractivity contribution is 6.17. The van der Waals surface area contributed by atoms with Crippen molar-refractivity contribution in [3.63, 3.8) is 0 Å². The average molecular weight is 273 g/mol. The maximum Gasteiger partial charge on any atom is 0.234 e. The third kappa shape index (κ3) is 2.24. The van der Waals surface area contributed by atoms with E-state index in [0.717, 1.165) is 31.2 Å². The van der Waals surface area contributed by atoms with Crippen molar-refractivity contribution in [3.05, 3.63) is 29.8 Å². The van der Waals surface area contributed by atoms with Crippen LogP contribution in [-0.4, -0.2) is 16.9 Å². The minimum Gasteiger partial charge on any atom is -0.392 e. The van der Waals surface area contributed by atoms with Crippen molar-refractivity contribution in [2.75, 3.05) is 4.90 Å². The summed E-state index contributed by atoms with van der Waals surface area (Å²) in [5.74, 6) is -0.167. The minimum atomic E-state index is -0.0834. The Bertz CT molecular complexity index is 509. The molecule has 1 saturated carbocycles. The molecule has 1 saturated heterocycles. The van der Waals surface area contributed by atoms with E-state index >= 15 is 0 Å². The van der Waals surface area contributed by atoms with E-state index in [9.17, 15) is 9.59 Å². The molecule has 1 N–H and O–H groups in total. The van der Waals surface area contributed by atoms with Crippen LogP contribution in [0.15, 0.2) is 24.3 Å². The molecule has 1 spiro atoms. The molecule has 2 amide bonds. The predicted octanol–water partition coefficient (Wildman–Crippen LogP) is 2.39. The SMILES string of the molecule is O=C1CC2(CCCC2)CC(=O)N1c1ccc(CO)cc1. The molecule has 4 nitrogen and oxygen atoms in total. The third-order valence-electron chi connectivity index (χ3n) is 4.59. The van der Waals surface area contributed by atoms with E-state index in [-0.39, 0.29) is 23.8 Å². The van der Waals surface area contributed by atoms with Crippen molar-refractivity contribution in [2.45, 2.75) is 45.1 Å². The Morgan fingerprint density at radius 3 is 2.05 bits per heavy atom. The van der Waals surface area contributed by atoms with E-state index in [2.05, 4.69) is 0 Å². The molecule has 2 aliphatic rings. The summed E-state index contributed by atoms with van der Waals surface area (Å²) in [5, 5.41) is 9.03. The number of rotatable bonds is 2. The van der Waals surface area contributed by atoms with Gasteiger partial charge in [0.25, 0.3) is 0 Å². The number of carbonyl (C=O) groups is 2. The summed E-state index contributed by atoms with van der Waals surface area (Å²) in [4.78, 5) is 26.1. The molecule has 1 heterocycles. The van der Waals surface area contributed by atoms with Gasteiger partial charge in [-0.1, -0.05) is 25.0 Å². The lowest BCUT2D eigenvalue weighted by molar-refractivity contribution is -0.133. The number of imide groups is 1. The number of amides is 2. The van der Waals surface area contributed by atoms with Crippen LogP contribution in [0.5, 0.6) is 0 Å². The van der Waals surface area contributed by atoms with Gasteiger partial charge in [-0.2, -0.15) is 0 Å². The van der Waals surface area contributed by atoms with Crippen molar-refractivity contribution >= 4 is 17.5 Å². The van der Waals surface area contributed by atoms with Crippen LogP contribution in [0.4, 0.5) is 5.69 Å². The zero-order valence-corrected chi connectivity index (χ0v) is 11.5. The zero-order valence-electron chi connectivity index (χ0n) is 11.5. The summed E-state index contributed by atoms with van der Waals surface area (Å²) in [7, 11) is 0. The molecule has 0 bridgehead atoms. The number of carbonyl (C=O) groups excluding carboxylic acids is 2. The lowest BCUT2D eigenvalue weighted by Gasteiger charge is -2.37. The van der Waals surface area contributed by atoms with E-state index < -0.39 is 0 Å². The number of nitrogens with zero attached hydrogens (tertiary/aromatic N) is 1. The third-order valence-corrected chi connectivity index (χ3v) is 4.59. The van der Waals surface area contributed by atoms with E-state index in [0.29, 0.717) is 18.5 Å². The molecule has 2 fully saturated rings. The molecule has 0 aromatic heterocycles. The maximum absolute atomic E-state index is 12.4. The van der Waals surface area contributed by atoms with Gasteiger partial charge in [0.2, 0.25) is 11.8 Å². The molecule has 106 valence electrons. The van der Waals surface area contributed by atoms with Crippen LogP contribution in [0, 0.1) is 5.41 Å². The lowest BCUT2D eigenvalue weighted by Crippen LogP contribution is -2.47. The van der Waals surface area contributed by atoms with Crippen molar-refractivity contribution in [3.8, 4) is 0 Å². The molecule has 0 unspecified atom stereocenters. The summed E-state index contributed by atoms with van der Waals surface area (Å²) < 4.78 is 0. The molecule has 1 aliphatic carbocycles. The van der Waals surface area contributed by atoms with Crippen molar-refractivity contribution in [2.24, 2.45) is 5.41 Å². The fourth-order valence-electron chi connectivity index (χ4n) is 3.52. The van der Waals surface area contributed by atoms with Crippen molar-refractivity contribution < 1.29 is 14.7 Å². The first kappa shape index (κ1) is 13.3. The van der Waals surface area contributed by atoms with Gasteiger partial charge in [0.15, 0.2) is 0 Å². The van der Waals surface area contributed by atoms with E-state index in [1.807, 2.05) is 0 Å². The Hall–Kier alpha value is -1.68. The molecule has 20 heavy (non-hydrogen) atoms. The standard InChI is InChI=1S/C16H19NO3/c18-11-12-3-5-13(6-4-12)17-14(19)9-16(10-15(17)20)7-1-2-8-16/h3-6,18H,1-2,7-11H2. The number of hydrogen-bond acceptors (Lipinski definition) is 3. The fourth-order valence-corrected chi connectivity index (χ4v) is 3.52. The largest absolute Gasteiger partial charge is 0.392 e. The van der Waals surface area contributed by atoms with Gasteiger partial charge >= 0.3 is 0 Å². The van der Waals surface area contributed by atoms with Crippen LogP contribution in [0.25, 0.3) is 0 Å². The van der Waals surface area contributed by atoms with Gasteiger partial charge in [0.05, 0.1) is 12.3 Å². The molecule has 1 aliphatic heterocycles. The Balaban J connectivity index is 1.83. The molecular weight excluding hydrogens is 254 g/mol. The highest BCUT2D eigenvalue weighted by Crippen LogP contribution is 2.47. The van der Waals surface area contributed by atoms with Gasteiger partial charge in [-0.05, 0) is 36.0 Å². The average Bonchev–Trinajstić information content (AvgIpc) is 2.86. The van der Waals surface area contributed by atoms with Crippen LogP contribution in [0.2, 0.25) is 0 Å². The Morgan fingerprint density at radius 1 is 1.00 bits per heavy atom. The van der Waals surface area contributed by atoms with Crippen LogP contribution in [0.1, 0.15) is 44.1 Å². The molecule has 4 heteroatoms. The number of piperidine rings is 1. The second-order valence-corrected chi connectivity index (χ2v) is 6.01. The number of hydrogen-bond donors (Lipinski definition) is 1. The first-order chi connectivity index (χ1) is 9.63. The summed E-state index contributed by atoms with van der Waals surface area (Å²) in [5.41, 5.74) is 1.33. The number of benzene rings is 1. The van der Waals surface area contributed by atoms with E-state index in [1.165, 1.54) is 4.90 Å². The molecule has 0 atom stereocenters. The van der Waals surface area contributed by atoms with Gasteiger partial charge in [-0.25, -0.2) is 0 Å². The topological polar surface area (TPSA) is 57.6 Å². The number of aliphatic hydroxyl groups is 1. The smallest absolute Gasteiger partial charge is 0.234 e. The summed E-state index contributed by atoms with van der Waals surface area (Å²) in [6.45, 7) is -0.0364. The summed E-state index contributed by atoms with van der Waals surface area (Å²) in [6, 6.07) is 6.95. The van der Waals surface area contributed by atoms with Crippen molar-refractivity contribution in [1.29, 1.82) is 0 Å². The van der Waals surface area contributed by atoms with Gasteiger partial charge in [-0.3, -0.25) is 14.5 Å². The normalized spacial score (nSPS) is 21.8. The lowest BCUT2D eigenvalue weighted by atomic mass is 9.76. The Labute approximate surface area is 118 Å². The van der Waals surface area contributed by atoms with E-state index in [1.54, 1.807) is 24.3 Å². The van der Waals surface area contributed by atoms with Gasteiger partial charge in [-0.15, -0.1) is 0 Å². The van der Waals surface area contributed by atoms with Crippen LogP contribution in [0.3, 0.4) is 0 Å². The predicted molar refractivity (Wildman–Crippen MR) is 75.0 cm³/mol. The number of anilines is 1. The molecule has 1 aromatic rings. The number of aliphatic hydroxyl groups excluding tert-OH is 1. The first-order valence-corrected chi connectivity index (χ1v) is 7.19. The summed E-state index contributed by atoms with van der Waals surface area (Å²) in [6.07, 6.45) is 5.24. The van der Waals surface area contributed by atoms with E-state index in [4.69, 9.17) is 5.11 Å². The quantitative estimate of drug-likeness (QED) is 0.842. The second-order valence-electron chi connectivity index (χ2n) is 6.01. The molecule has 0 radical (unpaired) electrons. The van der Waals surface area contributed by atoms with Gasteiger partial charge in [0, 0.05) is 12.8 Å². The first-order valence-electron chi connectivity index (χ1n) is 7.19. The highest BCUT2D eigenvalue weighted by Gasteiger charge is 2.45. The zero-order chi connectivity index (χ0) is 14.2.